The van der Waals surface area contributed by atoms with Crippen molar-refractivity contribution < 1.29 is 9.84 Å². The van der Waals surface area contributed by atoms with Crippen LogP contribution in [0, 0.1) is 0 Å². The van der Waals surface area contributed by atoms with Crippen molar-refractivity contribution in [1.29, 1.82) is 0 Å². The Bertz CT molecular complexity index is 534. The van der Waals surface area contributed by atoms with E-state index >= 15 is 0 Å². The average molecular weight is 268 g/mol. The van der Waals surface area contributed by atoms with Crippen molar-refractivity contribution in [3.8, 4) is 10.8 Å². The standard InChI is InChI=1S/C12H10ClNO2S/c1-16-10-6-12(15)17-11(10)7-14-9-4-2-8(13)3-5-9/h2-7,15H,1H3/b14-7+. The second-order valence-corrected chi connectivity index (χ2v) is 4.75. The van der Waals surface area contributed by atoms with Crippen LogP contribution in [0.2, 0.25) is 5.02 Å². The van der Waals surface area contributed by atoms with E-state index < -0.39 is 0 Å². The SMILES string of the molecule is COc1cc(O)sc1/C=N/c1ccc(Cl)cc1. The summed E-state index contributed by atoms with van der Waals surface area (Å²) in [6, 6.07) is 8.75. The van der Waals surface area contributed by atoms with E-state index in [1.54, 1.807) is 31.5 Å². The molecule has 0 atom stereocenters. The van der Waals surface area contributed by atoms with Gasteiger partial charge in [0.2, 0.25) is 0 Å². The fraction of sp³-hybridized carbons (Fsp3) is 0.0833. The van der Waals surface area contributed by atoms with Gasteiger partial charge in [-0.25, -0.2) is 0 Å². The van der Waals surface area contributed by atoms with Crippen LogP contribution in [0.5, 0.6) is 10.8 Å². The second kappa shape index (κ2) is 5.21. The topological polar surface area (TPSA) is 41.8 Å². The van der Waals surface area contributed by atoms with E-state index in [9.17, 15) is 5.11 Å². The third-order valence-corrected chi connectivity index (χ3v) is 3.19. The lowest BCUT2D eigenvalue weighted by Gasteiger charge is -1.96. The summed E-state index contributed by atoms with van der Waals surface area (Å²) in [6.45, 7) is 0. The Kier molecular flexibility index (Phi) is 3.66. The fourth-order valence-corrected chi connectivity index (χ4v) is 2.15. The molecule has 3 nitrogen and oxygen atoms in total. The summed E-state index contributed by atoms with van der Waals surface area (Å²) in [5.41, 5.74) is 0.796. The maximum atomic E-state index is 9.36. The predicted molar refractivity (Wildman–Crippen MR) is 71.2 cm³/mol. The number of aromatic hydroxyl groups is 1. The lowest BCUT2D eigenvalue weighted by molar-refractivity contribution is 0.412. The highest BCUT2D eigenvalue weighted by molar-refractivity contribution is 7.15. The Hall–Kier alpha value is -1.52. The van der Waals surface area contributed by atoms with E-state index in [1.807, 2.05) is 12.1 Å². The Morgan fingerprint density at radius 2 is 2.06 bits per heavy atom. The normalized spacial score (nSPS) is 10.9. The van der Waals surface area contributed by atoms with Gasteiger partial charge in [-0.2, -0.15) is 0 Å². The molecule has 0 saturated carbocycles. The maximum absolute atomic E-state index is 9.36. The molecule has 1 aromatic heterocycles. The number of hydrogen-bond acceptors (Lipinski definition) is 4. The number of rotatable bonds is 3. The zero-order valence-corrected chi connectivity index (χ0v) is 10.6. The van der Waals surface area contributed by atoms with Crippen molar-refractivity contribution >= 4 is 34.8 Å². The first-order valence-electron chi connectivity index (χ1n) is 4.85. The Labute approximate surface area is 108 Å². The molecule has 0 radical (unpaired) electrons. The Morgan fingerprint density at radius 3 is 2.71 bits per heavy atom. The number of nitrogens with zero attached hydrogens (tertiary/aromatic N) is 1. The van der Waals surface area contributed by atoms with Gasteiger partial charge in [-0.15, -0.1) is 0 Å². The van der Waals surface area contributed by atoms with Crippen LogP contribution < -0.4 is 4.74 Å². The molecule has 2 aromatic rings. The molecule has 0 aliphatic heterocycles. The number of ether oxygens (including phenoxy) is 1. The van der Waals surface area contributed by atoms with Crippen LogP contribution >= 0.6 is 22.9 Å². The molecule has 1 N–H and O–H groups in total. The van der Waals surface area contributed by atoms with Crippen molar-refractivity contribution in [3.63, 3.8) is 0 Å². The molecule has 1 heterocycles. The van der Waals surface area contributed by atoms with Crippen LogP contribution in [0.15, 0.2) is 35.3 Å². The molecule has 0 spiro atoms. The van der Waals surface area contributed by atoms with Gasteiger partial charge in [0.1, 0.15) is 5.75 Å². The number of methoxy groups -OCH3 is 1. The van der Waals surface area contributed by atoms with Gasteiger partial charge in [0.15, 0.2) is 5.06 Å². The van der Waals surface area contributed by atoms with Gasteiger partial charge in [-0.1, -0.05) is 22.9 Å². The summed E-state index contributed by atoms with van der Waals surface area (Å²) in [4.78, 5) is 5.05. The number of hydrogen-bond donors (Lipinski definition) is 1. The predicted octanol–water partition coefficient (Wildman–Crippen LogP) is 3.87. The molecule has 88 valence electrons. The molecule has 0 fully saturated rings. The van der Waals surface area contributed by atoms with E-state index in [4.69, 9.17) is 16.3 Å². The van der Waals surface area contributed by atoms with E-state index in [1.165, 1.54) is 11.3 Å². The summed E-state index contributed by atoms with van der Waals surface area (Å²) >= 11 is 6.99. The second-order valence-electron chi connectivity index (χ2n) is 3.25. The van der Waals surface area contributed by atoms with Crippen LogP contribution in [0.3, 0.4) is 0 Å². The quantitative estimate of drug-likeness (QED) is 0.858. The minimum absolute atomic E-state index is 0.208. The summed E-state index contributed by atoms with van der Waals surface area (Å²) in [5, 5.41) is 10.2. The summed E-state index contributed by atoms with van der Waals surface area (Å²) < 4.78 is 5.11. The van der Waals surface area contributed by atoms with Gasteiger partial charge < -0.3 is 9.84 Å². The van der Waals surface area contributed by atoms with Crippen LogP contribution in [-0.2, 0) is 0 Å². The fourth-order valence-electron chi connectivity index (χ4n) is 1.29. The molecule has 2 rings (SSSR count). The van der Waals surface area contributed by atoms with Crippen LogP contribution in [0.1, 0.15) is 4.88 Å². The lowest BCUT2D eigenvalue weighted by atomic mass is 10.3. The molecule has 0 aliphatic rings. The smallest absolute Gasteiger partial charge is 0.175 e. The molecule has 0 amide bonds. The Balaban J connectivity index is 2.22. The van der Waals surface area contributed by atoms with Crippen LogP contribution in [0.25, 0.3) is 0 Å². The van der Waals surface area contributed by atoms with Gasteiger partial charge in [0.25, 0.3) is 0 Å². The highest BCUT2D eigenvalue weighted by Gasteiger charge is 2.06. The molecular weight excluding hydrogens is 258 g/mol. The largest absolute Gasteiger partial charge is 0.499 e. The van der Waals surface area contributed by atoms with Crippen molar-refractivity contribution in [3.05, 3.63) is 40.2 Å². The highest BCUT2D eigenvalue weighted by Crippen LogP contribution is 2.32. The molecular formula is C12H10ClNO2S. The molecule has 0 aliphatic carbocycles. The Morgan fingerprint density at radius 1 is 1.35 bits per heavy atom. The van der Waals surface area contributed by atoms with Crippen molar-refractivity contribution in [2.75, 3.05) is 7.11 Å². The molecule has 5 heteroatoms. The van der Waals surface area contributed by atoms with Gasteiger partial charge in [0.05, 0.1) is 17.7 Å². The number of thiophene rings is 1. The van der Waals surface area contributed by atoms with E-state index in [-0.39, 0.29) is 5.06 Å². The van der Waals surface area contributed by atoms with Crippen molar-refractivity contribution in [2.45, 2.75) is 0 Å². The minimum atomic E-state index is 0.208. The molecule has 17 heavy (non-hydrogen) atoms. The maximum Gasteiger partial charge on any atom is 0.175 e. The number of halogens is 1. The van der Waals surface area contributed by atoms with Gasteiger partial charge >= 0.3 is 0 Å². The average Bonchev–Trinajstić information content (AvgIpc) is 2.69. The third kappa shape index (κ3) is 2.99. The first kappa shape index (κ1) is 12.0. The lowest BCUT2D eigenvalue weighted by Crippen LogP contribution is -1.83. The van der Waals surface area contributed by atoms with Crippen molar-refractivity contribution in [1.82, 2.24) is 0 Å². The third-order valence-electron chi connectivity index (χ3n) is 2.09. The van der Waals surface area contributed by atoms with Crippen LogP contribution in [0.4, 0.5) is 5.69 Å². The first-order valence-corrected chi connectivity index (χ1v) is 6.05. The molecule has 0 bridgehead atoms. The summed E-state index contributed by atoms with van der Waals surface area (Å²) in [5.74, 6) is 0.616. The minimum Gasteiger partial charge on any atom is -0.499 e. The molecule has 0 saturated heterocycles. The highest BCUT2D eigenvalue weighted by atomic mass is 35.5. The number of benzene rings is 1. The summed E-state index contributed by atoms with van der Waals surface area (Å²) in [6.07, 6.45) is 1.66. The van der Waals surface area contributed by atoms with Gasteiger partial charge in [-0.3, -0.25) is 4.99 Å². The molecule has 0 unspecified atom stereocenters. The number of aliphatic imine (C=N–C) groups is 1. The monoisotopic (exact) mass is 267 g/mol. The van der Waals surface area contributed by atoms with E-state index in [2.05, 4.69) is 4.99 Å². The van der Waals surface area contributed by atoms with E-state index in [0.29, 0.717) is 10.8 Å². The van der Waals surface area contributed by atoms with E-state index in [0.717, 1.165) is 10.6 Å². The zero-order valence-electron chi connectivity index (χ0n) is 9.05. The van der Waals surface area contributed by atoms with Crippen LogP contribution in [-0.4, -0.2) is 18.4 Å². The molecule has 1 aromatic carbocycles. The van der Waals surface area contributed by atoms with Gasteiger partial charge in [-0.05, 0) is 24.3 Å². The van der Waals surface area contributed by atoms with Crippen molar-refractivity contribution in [2.24, 2.45) is 4.99 Å². The zero-order chi connectivity index (χ0) is 12.3. The first-order chi connectivity index (χ1) is 8.19. The van der Waals surface area contributed by atoms with Gasteiger partial charge in [0, 0.05) is 17.3 Å². The summed E-state index contributed by atoms with van der Waals surface area (Å²) in [7, 11) is 1.56.